The van der Waals surface area contributed by atoms with Crippen LogP contribution in [0.4, 0.5) is 5.69 Å². The summed E-state index contributed by atoms with van der Waals surface area (Å²) in [6.45, 7) is 4.76. The van der Waals surface area contributed by atoms with Gasteiger partial charge in [0.25, 0.3) is 0 Å². The molecule has 7 heteroatoms. The van der Waals surface area contributed by atoms with E-state index >= 15 is 0 Å². The van der Waals surface area contributed by atoms with Crippen molar-refractivity contribution in [2.24, 2.45) is 7.05 Å². The Morgan fingerprint density at radius 3 is 2.54 bits per heavy atom. The predicted octanol–water partition coefficient (Wildman–Crippen LogP) is 2.88. The van der Waals surface area contributed by atoms with Crippen molar-refractivity contribution in [2.45, 2.75) is 20.4 Å². The second kappa shape index (κ2) is 7.53. The molecule has 0 aliphatic heterocycles. The first-order chi connectivity index (χ1) is 11.4. The molecule has 0 radical (unpaired) electrons. The summed E-state index contributed by atoms with van der Waals surface area (Å²) in [5, 5.41) is 8.29. The smallest absolute Gasteiger partial charge is 0.173 e. The van der Waals surface area contributed by atoms with Gasteiger partial charge in [-0.25, -0.2) is 0 Å². The highest BCUT2D eigenvalue weighted by molar-refractivity contribution is 7.80. The van der Waals surface area contributed by atoms with Gasteiger partial charge in [0.15, 0.2) is 5.11 Å². The summed E-state index contributed by atoms with van der Waals surface area (Å²) in [5.41, 5.74) is 4.15. The maximum atomic E-state index is 5.52. The molecule has 1 heterocycles. The molecule has 1 aromatic heterocycles. The lowest BCUT2D eigenvalue weighted by molar-refractivity contribution is 0.395. The van der Waals surface area contributed by atoms with Crippen LogP contribution in [-0.2, 0) is 13.6 Å². The van der Waals surface area contributed by atoms with Crippen LogP contribution in [0.25, 0.3) is 0 Å². The minimum atomic E-state index is 0.612. The zero-order chi connectivity index (χ0) is 17.9. The van der Waals surface area contributed by atoms with E-state index in [2.05, 4.69) is 17.3 Å². The number of hydrogen-bond donors (Lipinski definition) is 1. The standard InChI is InChI=1S/C17H24N4O2S/c1-11-14(12(2)21(4)19-11)10-20(3)17(24)18-15-8-7-13(22-5)9-16(15)23-6/h7-9H,10H2,1-6H3,(H,18,24). The third-order valence-corrected chi connectivity index (χ3v) is 4.46. The fourth-order valence-corrected chi connectivity index (χ4v) is 2.64. The first kappa shape index (κ1) is 18.1. The average Bonchev–Trinajstić information content (AvgIpc) is 2.81. The fraction of sp³-hybridized carbons (Fsp3) is 0.412. The molecular formula is C17H24N4O2S. The Morgan fingerprint density at radius 2 is 2.00 bits per heavy atom. The molecule has 6 nitrogen and oxygen atoms in total. The van der Waals surface area contributed by atoms with E-state index in [1.54, 1.807) is 14.2 Å². The number of aromatic nitrogens is 2. The van der Waals surface area contributed by atoms with Crippen molar-refractivity contribution in [3.8, 4) is 11.5 Å². The van der Waals surface area contributed by atoms with E-state index in [0.29, 0.717) is 17.4 Å². The number of thiocarbonyl (C=S) groups is 1. The number of methoxy groups -OCH3 is 2. The topological polar surface area (TPSA) is 51.5 Å². The first-order valence-electron chi connectivity index (χ1n) is 7.60. The van der Waals surface area contributed by atoms with Gasteiger partial charge in [0.1, 0.15) is 11.5 Å². The highest BCUT2D eigenvalue weighted by atomic mass is 32.1. The summed E-state index contributed by atoms with van der Waals surface area (Å²) in [7, 11) is 7.15. The van der Waals surface area contributed by atoms with Gasteiger partial charge in [0.2, 0.25) is 0 Å². The van der Waals surface area contributed by atoms with Crippen LogP contribution in [0.5, 0.6) is 11.5 Å². The van der Waals surface area contributed by atoms with Gasteiger partial charge in [0.05, 0.1) is 25.6 Å². The third-order valence-electron chi connectivity index (χ3n) is 4.05. The van der Waals surface area contributed by atoms with Gasteiger partial charge in [-0.15, -0.1) is 0 Å². The van der Waals surface area contributed by atoms with Gasteiger partial charge < -0.3 is 19.7 Å². The molecular weight excluding hydrogens is 324 g/mol. The first-order valence-corrected chi connectivity index (χ1v) is 8.01. The van der Waals surface area contributed by atoms with Crippen LogP contribution >= 0.6 is 12.2 Å². The minimum absolute atomic E-state index is 0.612. The molecule has 0 aliphatic carbocycles. The summed E-state index contributed by atoms with van der Waals surface area (Å²) in [6, 6.07) is 5.57. The molecule has 0 bridgehead atoms. The summed E-state index contributed by atoms with van der Waals surface area (Å²) in [6.07, 6.45) is 0. The van der Waals surface area contributed by atoms with Crippen LogP contribution in [0.3, 0.4) is 0 Å². The lowest BCUT2D eigenvalue weighted by atomic mass is 10.2. The van der Waals surface area contributed by atoms with E-state index in [9.17, 15) is 0 Å². The Bertz CT molecular complexity index is 742. The van der Waals surface area contributed by atoms with E-state index in [1.165, 1.54) is 5.56 Å². The largest absolute Gasteiger partial charge is 0.497 e. The lowest BCUT2D eigenvalue weighted by Gasteiger charge is -2.22. The minimum Gasteiger partial charge on any atom is -0.497 e. The lowest BCUT2D eigenvalue weighted by Crippen LogP contribution is -2.31. The van der Waals surface area contributed by atoms with Crippen molar-refractivity contribution in [3.63, 3.8) is 0 Å². The van der Waals surface area contributed by atoms with E-state index in [0.717, 1.165) is 22.8 Å². The zero-order valence-corrected chi connectivity index (χ0v) is 15.8. The third kappa shape index (κ3) is 3.79. The highest BCUT2D eigenvalue weighted by Crippen LogP contribution is 2.29. The molecule has 1 N–H and O–H groups in total. The van der Waals surface area contributed by atoms with Crippen molar-refractivity contribution < 1.29 is 9.47 Å². The van der Waals surface area contributed by atoms with Gasteiger partial charge in [0, 0.05) is 38.0 Å². The number of ether oxygens (including phenoxy) is 2. The van der Waals surface area contributed by atoms with Crippen molar-refractivity contribution in [1.29, 1.82) is 0 Å². The summed E-state index contributed by atoms with van der Waals surface area (Å²) in [4.78, 5) is 1.98. The van der Waals surface area contributed by atoms with Gasteiger partial charge in [-0.3, -0.25) is 4.68 Å². The van der Waals surface area contributed by atoms with Crippen LogP contribution in [0.1, 0.15) is 17.0 Å². The molecule has 2 aromatic rings. The maximum Gasteiger partial charge on any atom is 0.173 e. The number of hydrogen-bond acceptors (Lipinski definition) is 4. The number of aryl methyl sites for hydroxylation is 2. The zero-order valence-electron chi connectivity index (χ0n) is 15.0. The molecule has 0 fully saturated rings. The molecule has 1 aromatic carbocycles. The second-order valence-corrected chi connectivity index (χ2v) is 6.01. The van der Waals surface area contributed by atoms with Crippen LogP contribution in [0.15, 0.2) is 18.2 Å². The molecule has 0 amide bonds. The van der Waals surface area contributed by atoms with Gasteiger partial charge >= 0.3 is 0 Å². The monoisotopic (exact) mass is 348 g/mol. The number of benzene rings is 1. The quantitative estimate of drug-likeness (QED) is 0.839. The molecule has 0 spiro atoms. The van der Waals surface area contributed by atoms with E-state index < -0.39 is 0 Å². The molecule has 0 saturated heterocycles. The van der Waals surface area contributed by atoms with Crippen molar-refractivity contribution in [1.82, 2.24) is 14.7 Å². The van der Waals surface area contributed by atoms with E-state index in [4.69, 9.17) is 21.7 Å². The van der Waals surface area contributed by atoms with Crippen LogP contribution in [0, 0.1) is 13.8 Å². The number of anilines is 1. The fourth-order valence-electron chi connectivity index (χ4n) is 2.47. The Labute approximate surface area is 148 Å². The van der Waals surface area contributed by atoms with Crippen molar-refractivity contribution in [2.75, 3.05) is 26.6 Å². The molecule has 0 saturated carbocycles. The van der Waals surface area contributed by atoms with Gasteiger partial charge in [-0.05, 0) is 38.2 Å². The Balaban J connectivity index is 2.12. The number of nitrogens with one attached hydrogen (secondary N) is 1. The Hall–Kier alpha value is -2.28. The molecule has 24 heavy (non-hydrogen) atoms. The highest BCUT2D eigenvalue weighted by Gasteiger charge is 2.15. The van der Waals surface area contributed by atoms with Crippen LogP contribution in [-0.4, -0.2) is 41.1 Å². The Morgan fingerprint density at radius 1 is 1.29 bits per heavy atom. The summed E-state index contributed by atoms with van der Waals surface area (Å²) in [5.74, 6) is 1.41. The SMILES string of the molecule is COc1ccc(NC(=S)N(C)Cc2c(C)nn(C)c2C)c(OC)c1. The summed E-state index contributed by atoms with van der Waals surface area (Å²) < 4.78 is 12.5. The number of rotatable bonds is 5. The van der Waals surface area contributed by atoms with E-state index in [1.807, 2.05) is 48.8 Å². The average molecular weight is 348 g/mol. The maximum absolute atomic E-state index is 5.52. The Kier molecular flexibility index (Phi) is 5.66. The van der Waals surface area contributed by atoms with Crippen molar-refractivity contribution in [3.05, 3.63) is 35.2 Å². The number of nitrogens with zero attached hydrogens (tertiary/aromatic N) is 3. The molecule has 2 rings (SSSR count). The van der Waals surface area contributed by atoms with E-state index in [-0.39, 0.29) is 0 Å². The summed E-state index contributed by atoms with van der Waals surface area (Å²) >= 11 is 5.52. The van der Waals surface area contributed by atoms with Crippen LogP contribution in [0.2, 0.25) is 0 Å². The normalized spacial score (nSPS) is 10.4. The van der Waals surface area contributed by atoms with Gasteiger partial charge in [-0.2, -0.15) is 5.10 Å². The molecule has 0 aliphatic rings. The molecule has 130 valence electrons. The predicted molar refractivity (Wildman–Crippen MR) is 99.9 cm³/mol. The molecule has 0 atom stereocenters. The molecule has 0 unspecified atom stereocenters. The second-order valence-electron chi connectivity index (χ2n) is 5.63. The van der Waals surface area contributed by atoms with Crippen molar-refractivity contribution >= 4 is 23.0 Å². The van der Waals surface area contributed by atoms with Gasteiger partial charge in [-0.1, -0.05) is 0 Å². The van der Waals surface area contributed by atoms with Crippen LogP contribution < -0.4 is 14.8 Å².